The topological polar surface area (TPSA) is 49.4 Å². The van der Waals surface area contributed by atoms with E-state index in [4.69, 9.17) is 0 Å². The molecular weight excluding hydrogens is 288 g/mol. The largest absolute Gasteiger partial charge is 0.334 e. The van der Waals surface area contributed by atoms with Crippen LogP contribution in [0.15, 0.2) is 18.2 Å². The summed E-state index contributed by atoms with van der Waals surface area (Å²) in [5.41, 5.74) is 3.04. The summed E-state index contributed by atoms with van der Waals surface area (Å²) >= 11 is 0. The number of para-hydroxylation sites is 1. The van der Waals surface area contributed by atoms with Gasteiger partial charge in [-0.2, -0.15) is 0 Å². The van der Waals surface area contributed by atoms with E-state index in [0.29, 0.717) is 18.4 Å². The summed E-state index contributed by atoms with van der Waals surface area (Å²) in [5, 5.41) is 3.00. The van der Waals surface area contributed by atoms with Gasteiger partial charge in [-0.3, -0.25) is 9.59 Å². The van der Waals surface area contributed by atoms with Gasteiger partial charge in [0.15, 0.2) is 0 Å². The van der Waals surface area contributed by atoms with Crippen LogP contribution in [0, 0.1) is 12.8 Å². The zero-order valence-corrected chi connectivity index (χ0v) is 15.3. The number of aryl methyl sites for hydroxylation is 1. The first-order valence-corrected chi connectivity index (χ1v) is 8.37. The maximum Gasteiger partial charge on any atom is 0.244 e. The molecule has 4 nitrogen and oxygen atoms in total. The summed E-state index contributed by atoms with van der Waals surface area (Å²) in [6.45, 7) is 12.7. The van der Waals surface area contributed by atoms with E-state index in [9.17, 15) is 9.59 Å². The van der Waals surface area contributed by atoms with Crippen LogP contribution in [-0.4, -0.2) is 29.8 Å². The van der Waals surface area contributed by atoms with Crippen LogP contribution in [0.2, 0.25) is 0 Å². The minimum Gasteiger partial charge on any atom is -0.334 e. The Morgan fingerprint density at radius 3 is 2.35 bits per heavy atom. The fraction of sp³-hybridized carbons (Fsp3) is 0.579. The van der Waals surface area contributed by atoms with Crippen molar-refractivity contribution in [2.75, 3.05) is 18.4 Å². The van der Waals surface area contributed by atoms with E-state index in [-0.39, 0.29) is 18.4 Å². The van der Waals surface area contributed by atoms with Gasteiger partial charge in [-0.1, -0.05) is 45.9 Å². The fourth-order valence-electron chi connectivity index (χ4n) is 2.46. The molecule has 0 fully saturated rings. The Bertz CT molecular complexity index is 550. The van der Waals surface area contributed by atoms with Crippen LogP contribution in [0.25, 0.3) is 0 Å². The van der Waals surface area contributed by atoms with Gasteiger partial charge in [0, 0.05) is 19.2 Å². The molecule has 0 aromatic heterocycles. The number of nitrogens with one attached hydrogen (secondary N) is 1. The molecule has 23 heavy (non-hydrogen) atoms. The van der Waals surface area contributed by atoms with Crippen molar-refractivity contribution in [3.63, 3.8) is 0 Å². The molecule has 1 N–H and O–H groups in total. The average Bonchev–Trinajstić information content (AvgIpc) is 2.44. The number of rotatable bonds is 7. The third-order valence-corrected chi connectivity index (χ3v) is 3.95. The minimum absolute atomic E-state index is 0.0605. The summed E-state index contributed by atoms with van der Waals surface area (Å²) in [6, 6.07) is 6.03. The van der Waals surface area contributed by atoms with Crippen molar-refractivity contribution in [3.8, 4) is 0 Å². The van der Waals surface area contributed by atoms with Crippen LogP contribution in [-0.2, 0) is 9.59 Å². The summed E-state index contributed by atoms with van der Waals surface area (Å²) < 4.78 is 0. The first kappa shape index (κ1) is 19.2. The first-order valence-electron chi connectivity index (χ1n) is 8.37. The highest BCUT2D eigenvalue weighted by Crippen LogP contribution is 2.27. The molecule has 1 aromatic carbocycles. The zero-order chi connectivity index (χ0) is 17.6. The molecule has 0 aliphatic heterocycles. The molecule has 0 bridgehead atoms. The van der Waals surface area contributed by atoms with Gasteiger partial charge in [-0.25, -0.2) is 0 Å². The summed E-state index contributed by atoms with van der Waals surface area (Å²) in [7, 11) is 0. The fourth-order valence-corrected chi connectivity index (χ4v) is 2.46. The van der Waals surface area contributed by atoms with Crippen molar-refractivity contribution in [1.82, 2.24) is 4.90 Å². The van der Waals surface area contributed by atoms with Crippen molar-refractivity contribution in [3.05, 3.63) is 29.3 Å². The predicted molar refractivity (Wildman–Crippen MR) is 95.6 cm³/mol. The third-order valence-electron chi connectivity index (χ3n) is 3.95. The Kier molecular flexibility index (Phi) is 7.27. The molecule has 0 radical (unpaired) electrons. The van der Waals surface area contributed by atoms with E-state index >= 15 is 0 Å². The van der Waals surface area contributed by atoms with Gasteiger partial charge in [-0.15, -0.1) is 0 Å². The van der Waals surface area contributed by atoms with Crippen LogP contribution < -0.4 is 5.32 Å². The van der Waals surface area contributed by atoms with Crippen LogP contribution >= 0.6 is 0 Å². The van der Waals surface area contributed by atoms with E-state index < -0.39 is 0 Å². The Hall–Kier alpha value is -1.84. The van der Waals surface area contributed by atoms with Crippen LogP contribution in [0.1, 0.15) is 58.1 Å². The van der Waals surface area contributed by atoms with Gasteiger partial charge in [0.25, 0.3) is 0 Å². The van der Waals surface area contributed by atoms with E-state index in [0.717, 1.165) is 23.2 Å². The third kappa shape index (κ3) is 6.05. The normalized spacial score (nSPS) is 11.0. The number of carbonyl (C=O) groups excluding carboxylic acids is 2. The molecule has 1 rings (SSSR count). The van der Waals surface area contributed by atoms with Crippen LogP contribution in [0.3, 0.4) is 0 Å². The molecule has 2 amide bonds. The lowest BCUT2D eigenvalue weighted by Gasteiger charge is -2.23. The van der Waals surface area contributed by atoms with Gasteiger partial charge in [0.05, 0.1) is 6.54 Å². The van der Waals surface area contributed by atoms with Crippen molar-refractivity contribution in [2.24, 2.45) is 5.92 Å². The quantitative estimate of drug-likeness (QED) is 0.827. The molecular formula is C19H30N2O2. The first-order chi connectivity index (χ1) is 10.7. The van der Waals surface area contributed by atoms with Gasteiger partial charge >= 0.3 is 0 Å². The second kappa shape index (κ2) is 8.70. The Labute approximate surface area is 140 Å². The second-order valence-corrected chi connectivity index (χ2v) is 6.87. The van der Waals surface area contributed by atoms with Gasteiger partial charge in [-0.05, 0) is 36.3 Å². The Balaban J connectivity index is 2.81. The molecule has 4 heteroatoms. The Morgan fingerprint density at radius 1 is 1.17 bits per heavy atom. The van der Waals surface area contributed by atoms with E-state index in [1.54, 1.807) is 4.90 Å². The number of amides is 2. The molecule has 0 heterocycles. The minimum atomic E-state index is -0.139. The number of benzene rings is 1. The van der Waals surface area contributed by atoms with E-state index in [1.807, 2.05) is 25.1 Å². The highest BCUT2D eigenvalue weighted by Gasteiger charge is 2.16. The van der Waals surface area contributed by atoms with E-state index in [1.165, 1.54) is 6.92 Å². The number of hydrogen-bond acceptors (Lipinski definition) is 2. The number of anilines is 1. The molecule has 0 atom stereocenters. The Morgan fingerprint density at radius 2 is 1.83 bits per heavy atom. The van der Waals surface area contributed by atoms with Crippen molar-refractivity contribution in [2.45, 2.75) is 53.9 Å². The monoisotopic (exact) mass is 318 g/mol. The average molecular weight is 318 g/mol. The standard InChI is InChI=1S/C19H30N2O2/c1-13(2)10-11-21(16(6)22)12-18(23)20-19-15(5)8-7-9-17(19)14(3)4/h7-9,13-14H,10-12H2,1-6H3,(H,20,23). The molecule has 128 valence electrons. The van der Waals surface area contributed by atoms with Crippen molar-refractivity contribution >= 4 is 17.5 Å². The maximum absolute atomic E-state index is 12.4. The molecule has 0 saturated heterocycles. The molecule has 1 aromatic rings. The molecule has 0 spiro atoms. The molecule has 0 aliphatic rings. The highest BCUT2D eigenvalue weighted by molar-refractivity contribution is 5.95. The molecule has 0 aliphatic carbocycles. The summed E-state index contributed by atoms with van der Waals surface area (Å²) in [5.74, 6) is 0.633. The second-order valence-electron chi connectivity index (χ2n) is 6.87. The van der Waals surface area contributed by atoms with Gasteiger partial charge in [0.2, 0.25) is 11.8 Å². The molecule has 0 saturated carbocycles. The summed E-state index contributed by atoms with van der Waals surface area (Å²) in [6.07, 6.45) is 0.897. The highest BCUT2D eigenvalue weighted by atomic mass is 16.2. The lowest BCUT2D eigenvalue weighted by Crippen LogP contribution is -2.37. The summed E-state index contributed by atoms with van der Waals surface area (Å²) in [4.78, 5) is 25.7. The van der Waals surface area contributed by atoms with E-state index in [2.05, 4.69) is 33.0 Å². The lowest BCUT2D eigenvalue weighted by atomic mass is 9.98. The number of nitrogens with zero attached hydrogens (tertiary/aromatic N) is 1. The van der Waals surface area contributed by atoms with Gasteiger partial charge < -0.3 is 10.2 Å². The lowest BCUT2D eigenvalue weighted by molar-refractivity contribution is -0.132. The van der Waals surface area contributed by atoms with Crippen LogP contribution in [0.4, 0.5) is 5.69 Å². The number of hydrogen-bond donors (Lipinski definition) is 1. The maximum atomic E-state index is 12.4. The smallest absolute Gasteiger partial charge is 0.244 e. The van der Waals surface area contributed by atoms with Crippen LogP contribution in [0.5, 0.6) is 0 Å². The zero-order valence-electron chi connectivity index (χ0n) is 15.3. The van der Waals surface area contributed by atoms with Crippen molar-refractivity contribution < 1.29 is 9.59 Å². The SMILES string of the molecule is CC(=O)N(CCC(C)C)CC(=O)Nc1c(C)cccc1C(C)C. The van der Waals surface area contributed by atoms with Crippen molar-refractivity contribution in [1.29, 1.82) is 0 Å². The van der Waals surface area contributed by atoms with Gasteiger partial charge in [0.1, 0.15) is 0 Å². The molecule has 0 unspecified atom stereocenters. The predicted octanol–water partition coefficient (Wildman–Crippen LogP) is 3.95. The number of carbonyl (C=O) groups is 2.